The van der Waals surface area contributed by atoms with Crippen molar-refractivity contribution in [3.05, 3.63) is 0 Å². The number of rotatable bonds is 5. The average Bonchev–Trinajstić information content (AvgIpc) is 1.81. The minimum Gasteiger partial charge on any atom is -0.299 e. The number of Topliss-reactive ketones (excluding diaryl/α,β-unsaturated/α-hetero) is 1. The number of ketones is 1. The number of hydrogen-bond donors (Lipinski definition) is 0. The second kappa shape index (κ2) is 4.77. The molecule has 3 nitrogen and oxygen atoms in total. The molecule has 0 rings (SSSR count). The Morgan fingerprint density at radius 3 is 2.36 bits per heavy atom. The molecule has 0 radical (unpaired) electrons. The van der Waals surface area contributed by atoms with Crippen molar-refractivity contribution in [1.29, 1.82) is 0 Å². The Morgan fingerprint density at radius 1 is 1.45 bits per heavy atom. The van der Waals surface area contributed by atoms with E-state index in [0.29, 0.717) is 5.75 Å². The first-order chi connectivity index (χ1) is 4.98. The van der Waals surface area contributed by atoms with Crippen LogP contribution < -0.4 is 0 Å². The van der Waals surface area contributed by atoms with Gasteiger partial charge in [-0.15, -0.1) is 0 Å². The van der Waals surface area contributed by atoms with Crippen molar-refractivity contribution in [3.8, 4) is 0 Å². The van der Waals surface area contributed by atoms with Gasteiger partial charge in [-0.1, -0.05) is 0 Å². The number of carbonyl (C=O) groups is 1. The molecule has 0 atom stereocenters. The van der Waals surface area contributed by atoms with Crippen LogP contribution in [-0.4, -0.2) is 37.7 Å². The zero-order valence-corrected chi connectivity index (χ0v) is 8.30. The molecular weight excluding hydrogens is 184 g/mol. The molecule has 0 spiro atoms. The van der Waals surface area contributed by atoms with E-state index in [1.807, 2.05) is 6.26 Å². The van der Waals surface area contributed by atoms with Gasteiger partial charge in [0.05, 0.1) is 5.75 Å². The van der Waals surface area contributed by atoms with E-state index in [-0.39, 0.29) is 17.3 Å². The standard InChI is InChI=1S/C6H12O3S2/c1-6(7)5-11(8,9)4-3-10-2/h3-5H2,1-2H3. The van der Waals surface area contributed by atoms with E-state index in [4.69, 9.17) is 0 Å². The average molecular weight is 196 g/mol. The summed E-state index contributed by atoms with van der Waals surface area (Å²) >= 11 is 1.47. The van der Waals surface area contributed by atoms with Crippen LogP contribution in [-0.2, 0) is 14.6 Å². The van der Waals surface area contributed by atoms with E-state index in [9.17, 15) is 13.2 Å². The van der Waals surface area contributed by atoms with Crippen molar-refractivity contribution < 1.29 is 13.2 Å². The second-order valence-electron chi connectivity index (χ2n) is 2.29. The predicted molar refractivity (Wildman–Crippen MR) is 47.7 cm³/mol. The van der Waals surface area contributed by atoms with Gasteiger partial charge >= 0.3 is 0 Å². The molecule has 0 fully saturated rings. The van der Waals surface area contributed by atoms with Crippen molar-refractivity contribution in [2.24, 2.45) is 0 Å². The van der Waals surface area contributed by atoms with E-state index < -0.39 is 9.84 Å². The SMILES string of the molecule is CSCCS(=O)(=O)CC(C)=O. The third kappa shape index (κ3) is 6.37. The zero-order chi connectivity index (χ0) is 8.91. The van der Waals surface area contributed by atoms with Gasteiger partial charge in [0.2, 0.25) is 0 Å². The number of hydrogen-bond acceptors (Lipinski definition) is 4. The normalized spacial score (nSPS) is 11.5. The van der Waals surface area contributed by atoms with E-state index in [2.05, 4.69) is 0 Å². The first-order valence-electron chi connectivity index (χ1n) is 3.17. The van der Waals surface area contributed by atoms with Crippen LogP contribution in [0.4, 0.5) is 0 Å². The Labute approximate surface area is 71.5 Å². The molecule has 0 aromatic heterocycles. The van der Waals surface area contributed by atoms with Crippen LogP contribution in [0.25, 0.3) is 0 Å². The molecular formula is C6H12O3S2. The van der Waals surface area contributed by atoms with Crippen LogP contribution in [0.5, 0.6) is 0 Å². The largest absolute Gasteiger partial charge is 0.299 e. The highest BCUT2D eigenvalue weighted by Gasteiger charge is 2.12. The molecule has 0 aliphatic heterocycles. The minimum atomic E-state index is -3.11. The monoisotopic (exact) mass is 196 g/mol. The van der Waals surface area contributed by atoms with E-state index >= 15 is 0 Å². The van der Waals surface area contributed by atoms with Gasteiger partial charge in [0.15, 0.2) is 9.84 Å². The maximum absolute atomic E-state index is 11.0. The highest BCUT2D eigenvalue weighted by Crippen LogP contribution is 1.97. The first-order valence-corrected chi connectivity index (χ1v) is 6.38. The highest BCUT2D eigenvalue weighted by atomic mass is 32.2. The lowest BCUT2D eigenvalue weighted by Gasteiger charge is -1.98. The summed E-state index contributed by atoms with van der Waals surface area (Å²) in [6.07, 6.45) is 1.84. The lowest BCUT2D eigenvalue weighted by Crippen LogP contribution is -2.17. The summed E-state index contributed by atoms with van der Waals surface area (Å²) in [5, 5.41) is 0. The minimum absolute atomic E-state index is 0.105. The molecule has 11 heavy (non-hydrogen) atoms. The fourth-order valence-corrected chi connectivity index (χ4v) is 3.04. The fourth-order valence-electron chi connectivity index (χ4n) is 0.592. The molecule has 0 bridgehead atoms. The second-order valence-corrected chi connectivity index (χ2v) is 5.46. The molecule has 0 aromatic rings. The molecule has 0 amide bonds. The van der Waals surface area contributed by atoms with Crippen LogP contribution in [0.2, 0.25) is 0 Å². The van der Waals surface area contributed by atoms with Crippen molar-refractivity contribution in [3.63, 3.8) is 0 Å². The molecule has 0 saturated carbocycles. The van der Waals surface area contributed by atoms with Crippen LogP contribution in [0.15, 0.2) is 0 Å². The van der Waals surface area contributed by atoms with Gasteiger partial charge in [0.1, 0.15) is 11.5 Å². The van der Waals surface area contributed by atoms with Crippen molar-refractivity contribution in [2.75, 3.05) is 23.5 Å². The summed E-state index contributed by atoms with van der Waals surface area (Å²) in [5.74, 6) is 0.0720. The summed E-state index contributed by atoms with van der Waals surface area (Å²) in [5.41, 5.74) is 0. The van der Waals surface area contributed by atoms with Gasteiger partial charge in [-0.2, -0.15) is 11.8 Å². The van der Waals surface area contributed by atoms with E-state index in [1.54, 1.807) is 0 Å². The summed E-state index contributed by atoms with van der Waals surface area (Å²) < 4.78 is 21.9. The van der Waals surface area contributed by atoms with E-state index in [1.165, 1.54) is 18.7 Å². The smallest absolute Gasteiger partial charge is 0.158 e. The molecule has 66 valence electrons. The first kappa shape index (κ1) is 11.0. The summed E-state index contributed by atoms with van der Waals surface area (Å²) in [4.78, 5) is 10.4. The summed E-state index contributed by atoms with van der Waals surface area (Å²) in [7, 11) is -3.11. The molecule has 0 aromatic carbocycles. The Morgan fingerprint density at radius 2 is 2.00 bits per heavy atom. The third-order valence-corrected chi connectivity index (χ3v) is 3.56. The Hall–Kier alpha value is -0.0300. The Bertz CT molecular complexity index is 218. The topological polar surface area (TPSA) is 51.2 Å². The lowest BCUT2D eigenvalue weighted by atomic mass is 10.5. The van der Waals surface area contributed by atoms with Crippen LogP contribution in [0.1, 0.15) is 6.92 Å². The van der Waals surface area contributed by atoms with Crippen molar-refractivity contribution in [2.45, 2.75) is 6.92 Å². The van der Waals surface area contributed by atoms with Gasteiger partial charge < -0.3 is 0 Å². The quantitative estimate of drug-likeness (QED) is 0.637. The Kier molecular flexibility index (Phi) is 4.76. The van der Waals surface area contributed by atoms with Gasteiger partial charge in [0, 0.05) is 5.75 Å². The number of sulfone groups is 1. The maximum Gasteiger partial charge on any atom is 0.158 e. The number of carbonyl (C=O) groups excluding carboxylic acids is 1. The number of thioether (sulfide) groups is 1. The fraction of sp³-hybridized carbons (Fsp3) is 0.833. The maximum atomic E-state index is 11.0. The molecule has 0 N–H and O–H groups in total. The van der Waals surface area contributed by atoms with Crippen molar-refractivity contribution in [1.82, 2.24) is 0 Å². The lowest BCUT2D eigenvalue weighted by molar-refractivity contribution is -0.114. The molecule has 0 aliphatic rings. The van der Waals surface area contributed by atoms with Crippen molar-refractivity contribution >= 4 is 27.4 Å². The molecule has 5 heteroatoms. The van der Waals surface area contributed by atoms with Crippen LogP contribution >= 0.6 is 11.8 Å². The third-order valence-electron chi connectivity index (χ3n) is 1.02. The van der Waals surface area contributed by atoms with Gasteiger partial charge in [-0.05, 0) is 13.2 Å². The predicted octanol–water partition coefficient (Wildman–Crippen LogP) is 0.353. The summed E-state index contributed by atoms with van der Waals surface area (Å²) in [6.45, 7) is 1.29. The van der Waals surface area contributed by atoms with Gasteiger partial charge in [-0.3, -0.25) is 4.79 Å². The highest BCUT2D eigenvalue weighted by molar-refractivity contribution is 8.00. The molecule has 0 heterocycles. The molecule has 0 saturated heterocycles. The van der Waals surface area contributed by atoms with Crippen LogP contribution in [0, 0.1) is 0 Å². The zero-order valence-electron chi connectivity index (χ0n) is 6.66. The molecule has 0 unspecified atom stereocenters. The van der Waals surface area contributed by atoms with Crippen LogP contribution in [0.3, 0.4) is 0 Å². The molecule has 0 aliphatic carbocycles. The Balaban J connectivity index is 3.92. The summed E-state index contributed by atoms with van der Waals surface area (Å²) in [6, 6.07) is 0. The van der Waals surface area contributed by atoms with Gasteiger partial charge in [-0.25, -0.2) is 8.42 Å². The van der Waals surface area contributed by atoms with Gasteiger partial charge in [0.25, 0.3) is 0 Å². The van der Waals surface area contributed by atoms with E-state index in [0.717, 1.165) is 0 Å².